The molecular formula is C11H22N2. The fourth-order valence-corrected chi connectivity index (χ4v) is 2.30. The molecule has 1 aliphatic heterocycles. The van der Waals surface area contributed by atoms with Gasteiger partial charge in [0.25, 0.3) is 0 Å². The van der Waals surface area contributed by atoms with Gasteiger partial charge in [0.1, 0.15) is 0 Å². The van der Waals surface area contributed by atoms with Crippen LogP contribution in [-0.2, 0) is 0 Å². The highest BCUT2D eigenvalue weighted by Gasteiger charge is 2.49. The highest BCUT2D eigenvalue weighted by molar-refractivity contribution is 5.08. The van der Waals surface area contributed by atoms with Gasteiger partial charge in [-0.25, -0.2) is 0 Å². The van der Waals surface area contributed by atoms with Crippen LogP contribution in [0.2, 0.25) is 0 Å². The van der Waals surface area contributed by atoms with Crippen molar-refractivity contribution in [1.82, 2.24) is 4.90 Å². The lowest BCUT2D eigenvalue weighted by Crippen LogP contribution is -2.68. The molecule has 2 N–H and O–H groups in total. The van der Waals surface area contributed by atoms with Gasteiger partial charge in [0.15, 0.2) is 0 Å². The van der Waals surface area contributed by atoms with Gasteiger partial charge in [-0.05, 0) is 37.6 Å². The minimum Gasteiger partial charge on any atom is -0.323 e. The maximum absolute atomic E-state index is 6.26. The van der Waals surface area contributed by atoms with Crippen molar-refractivity contribution in [3.63, 3.8) is 0 Å². The van der Waals surface area contributed by atoms with Crippen LogP contribution in [0.5, 0.6) is 0 Å². The topological polar surface area (TPSA) is 29.3 Å². The summed E-state index contributed by atoms with van der Waals surface area (Å²) < 4.78 is 0. The molecule has 13 heavy (non-hydrogen) atoms. The Labute approximate surface area is 81.5 Å². The summed E-state index contributed by atoms with van der Waals surface area (Å²) >= 11 is 0. The summed E-state index contributed by atoms with van der Waals surface area (Å²) in [6.07, 6.45) is 4.09. The first-order valence-electron chi connectivity index (χ1n) is 5.61. The molecule has 1 saturated heterocycles. The number of likely N-dealkylation sites (tertiary alicyclic amines) is 1. The van der Waals surface area contributed by atoms with Crippen molar-refractivity contribution >= 4 is 0 Å². The Morgan fingerprint density at radius 1 is 1.38 bits per heavy atom. The first-order chi connectivity index (χ1) is 6.10. The second-order valence-electron chi connectivity index (χ2n) is 5.40. The van der Waals surface area contributed by atoms with E-state index in [0.717, 1.165) is 24.9 Å². The molecule has 0 spiro atoms. The van der Waals surface area contributed by atoms with E-state index in [4.69, 9.17) is 5.73 Å². The Kier molecular flexibility index (Phi) is 2.37. The van der Waals surface area contributed by atoms with Gasteiger partial charge in [0.05, 0.1) is 0 Å². The van der Waals surface area contributed by atoms with Crippen LogP contribution in [0.4, 0.5) is 0 Å². The fourth-order valence-electron chi connectivity index (χ4n) is 2.30. The number of rotatable bonds is 4. The molecule has 1 saturated carbocycles. The van der Waals surface area contributed by atoms with E-state index in [0.29, 0.717) is 0 Å². The van der Waals surface area contributed by atoms with Crippen LogP contribution in [0.15, 0.2) is 0 Å². The number of nitrogens with two attached hydrogens (primary N) is 1. The van der Waals surface area contributed by atoms with Crippen LogP contribution in [0.1, 0.15) is 33.1 Å². The van der Waals surface area contributed by atoms with E-state index < -0.39 is 0 Å². The van der Waals surface area contributed by atoms with Gasteiger partial charge in [-0.3, -0.25) is 4.90 Å². The molecule has 0 amide bonds. The summed E-state index contributed by atoms with van der Waals surface area (Å²) in [6.45, 7) is 8.14. The monoisotopic (exact) mass is 182 g/mol. The maximum Gasteiger partial charge on any atom is 0.0440 e. The minimum absolute atomic E-state index is 0.219. The van der Waals surface area contributed by atoms with Gasteiger partial charge in [0, 0.05) is 18.6 Å². The average Bonchev–Trinajstić information content (AvgIpc) is 2.77. The predicted octanol–water partition coefficient (Wildman–Crippen LogP) is 1.46. The van der Waals surface area contributed by atoms with Crippen molar-refractivity contribution in [3.8, 4) is 0 Å². The molecule has 1 heterocycles. The van der Waals surface area contributed by atoms with E-state index in [1.165, 1.54) is 25.8 Å². The third kappa shape index (κ3) is 2.05. The summed E-state index contributed by atoms with van der Waals surface area (Å²) in [6, 6.07) is 0. The average molecular weight is 182 g/mol. The second kappa shape index (κ2) is 3.25. The van der Waals surface area contributed by atoms with Gasteiger partial charge < -0.3 is 5.73 Å². The van der Waals surface area contributed by atoms with Crippen LogP contribution < -0.4 is 5.73 Å². The predicted molar refractivity (Wildman–Crippen MR) is 55.5 cm³/mol. The van der Waals surface area contributed by atoms with E-state index in [1.807, 2.05) is 0 Å². The van der Waals surface area contributed by atoms with E-state index in [9.17, 15) is 0 Å². The third-order valence-corrected chi connectivity index (χ3v) is 3.45. The van der Waals surface area contributed by atoms with Crippen LogP contribution in [0.3, 0.4) is 0 Å². The zero-order valence-corrected chi connectivity index (χ0v) is 8.92. The molecule has 0 atom stereocenters. The summed E-state index contributed by atoms with van der Waals surface area (Å²) in [5, 5.41) is 0. The first-order valence-corrected chi connectivity index (χ1v) is 5.61. The van der Waals surface area contributed by atoms with E-state index in [-0.39, 0.29) is 5.54 Å². The fraction of sp³-hybridized carbons (Fsp3) is 1.00. The second-order valence-corrected chi connectivity index (χ2v) is 5.40. The Hall–Kier alpha value is -0.0800. The van der Waals surface area contributed by atoms with Gasteiger partial charge in [-0.2, -0.15) is 0 Å². The molecule has 2 aliphatic rings. The van der Waals surface area contributed by atoms with Crippen LogP contribution in [-0.4, -0.2) is 30.1 Å². The minimum atomic E-state index is 0.219. The summed E-state index contributed by atoms with van der Waals surface area (Å²) in [5.41, 5.74) is 6.48. The number of hydrogen-bond donors (Lipinski definition) is 1. The van der Waals surface area contributed by atoms with Gasteiger partial charge in [-0.1, -0.05) is 13.8 Å². The standard InChI is InChI=1S/C11H22N2/c1-9(2)5-6-13-7-11(12,8-13)10-3-4-10/h9-10H,3-8,12H2,1-2H3. The lowest BCUT2D eigenvalue weighted by atomic mass is 9.85. The zero-order chi connectivity index (χ0) is 9.47. The summed E-state index contributed by atoms with van der Waals surface area (Å²) in [4.78, 5) is 2.51. The molecule has 0 bridgehead atoms. The molecule has 2 fully saturated rings. The van der Waals surface area contributed by atoms with Crippen molar-refractivity contribution in [2.24, 2.45) is 17.6 Å². The molecule has 0 aromatic rings. The van der Waals surface area contributed by atoms with E-state index >= 15 is 0 Å². The van der Waals surface area contributed by atoms with Crippen molar-refractivity contribution < 1.29 is 0 Å². The molecule has 0 aromatic heterocycles. The van der Waals surface area contributed by atoms with E-state index in [1.54, 1.807) is 0 Å². The van der Waals surface area contributed by atoms with Crippen molar-refractivity contribution in [3.05, 3.63) is 0 Å². The molecule has 2 heteroatoms. The Morgan fingerprint density at radius 2 is 2.00 bits per heavy atom. The molecular weight excluding hydrogens is 160 g/mol. The molecule has 0 unspecified atom stereocenters. The Morgan fingerprint density at radius 3 is 2.46 bits per heavy atom. The molecule has 2 rings (SSSR count). The largest absolute Gasteiger partial charge is 0.323 e. The quantitative estimate of drug-likeness (QED) is 0.713. The van der Waals surface area contributed by atoms with Crippen LogP contribution in [0.25, 0.3) is 0 Å². The summed E-state index contributed by atoms with van der Waals surface area (Å²) in [7, 11) is 0. The van der Waals surface area contributed by atoms with Gasteiger partial charge in [-0.15, -0.1) is 0 Å². The van der Waals surface area contributed by atoms with E-state index in [2.05, 4.69) is 18.7 Å². The molecule has 2 nitrogen and oxygen atoms in total. The van der Waals surface area contributed by atoms with Gasteiger partial charge >= 0.3 is 0 Å². The molecule has 0 radical (unpaired) electrons. The highest BCUT2D eigenvalue weighted by Crippen LogP contribution is 2.42. The number of nitrogens with zero attached hydrogens (tertiary/aromatic N) is 1. The smallest absolute Gasteiger partial charge is 0.0440 e. The Balaban J connectivity index is 1.66. The zero-order valence-electron chi connectivity index (χ0n) is 8.92. The lowest BCUT2D eigenvalue weighted by molar-refractivity contribution is 0.0510. The summed E-state index contributed by atoms with van der Waals surface area (Å²) in [5.74, 6) is 1.69. The normalized spacial score (nSPS) is 27.7. The molecule has 0 aromatic carbocycles. The first kappa shape index (κ1) is 9.47. The Bertz CT molecular complexity index is 179. The van der Waals surface area contributed by atoms with Crippen molar-refractivity contribution in [2.75, 3.05) is 19.6 Å². The highest BCUT2D eigenvalue weighted by atomic mass is 15.3. The van der Waals surface area contributed by atoms with Crippen LogP contribution in [0, 0.1) is 11.8 Å². The van der Waals surface area contributed by atoms with Gasteiger partial charge in [0.2, 0.25) is 0 Å². The maximum atomic E-state index is 6.26. The number of hydrogen-bond acceptors (Lipinski definition) is 2. The SMILES string of the molecule is CC(C)CCN1CC(N)(C2CC2)C1. The van der Waals surface area contributed by atoms with Crippen molar-refractivity contribution in [1.29, 1.82) is 0 Å². The van der Waals surface area contributed by atoms with Crippen LogP contribution >= 0.6 is 0 Å². The molecule has 1 aliphatic carbocycles. The lowest BCUT2D eigenvalue weighted by Gasteiger charge is -2.48. The third-order valence-electron chi connectivity index (χ3n) is 3.45. The van der Waals surface area contributed by atoms with Crippen molar-refractivity contribution in [2.45, 2.75) is 38.6 Å². The molecule has 76 valence electrons.